The van der Waals surface area contributed by atoms with Gasteiger partial charge in [0.05, 0.1) is 20.3 Å². The topological polar surface area (TPSA) is 55.8 Å². The summed E-state index contributed by atoms with van der Waals surface area (Å²) >= 11 is 0. The van der Waals surface area contributed by atoms with Gasteiger partial charge in [-0.2, -0.15) is 0 Å². The van der Waals surface area contributed by atoms with E-state index in [0.717, 1.165) is 24.8 Å². The Kier molecular flexibility index (Phi) is 6.00. The highest BCUT2D eigenvalue weighted by Crippen LogP contribution is 2.54. The van der Waals surface area contributed by atoms with Gasteiger partial charge in [0.25, 0.3) is 0 Å². The molecule has 1 aromatic carbocycles. The number of likely N-dealkylation sites (tertiary alicyclic amines) is 1. The average molecular weight is 371 g/mol. The molecule has 0 saturated carbocycles. The summed E-state index contributed by atoms with van der Waals surface area (Å²) in [4.78, 5) is 28.4. The van der Waals surface area contributed by atoms with Crippen LogP contribution in [0.5, 0.6) is 0 Å². The van der Waals surface area contributed by atoms with E-state index in [-0.39, 0.29) is 5.92 Å². The number of benzene rings is 1. The van der Waals surface area contributed by atoms with E-state index in [1.807, 2.05) is 37.4 Å². The molecule has 0 aromatic heterocycles. The van der Waals surface area contributed by atoms with Crippen LogP contribution in [-0.4, -0.2) is 44.7 Å². The van der Waals surface area contributed by atoms with Crippen molar-refractivity contribution in [2.75, 3.05) is 27.8 Å². The van der Waals surface area contributed by atoms with E-state index in [4.69, 9.17) is 9.47 Å². The van der Waals surface area contributed by atoms with Gasteiger partial charge in [0.1, 0.15) is 0 Å². The lowest BCUT2D eigenvalue weighted by atomic mass is 9.68. The fourth-order valence-electron chi connectivity index (χ4n) is 4.93. The first-order valence-corrected chi connectivity index (χ1v) is 9.65. The maximum absolute atomic E-state index is 13.1. The third-order valence-corrected chi connectivity index (χ3v) is 6.08. The standard InChI is InChI=1S/C22H29NO4/c1-23-15-18(14-16-10-6-4-7-11-16)22(20(24)26-2,21(25)27-3)19(23)17-12-8-5-9-13-17/h5,8-10,12-13,18-19H,4,6-7,11,14-15H2,1-3H3/t18?,19-/m1/s1. The number of ether oxygens (including phenoxy) is 2. The molecule has 0 N–H and O–H groups in total. The van der Waals surface area contributed by atoms with Gasteiger partial charge in [0, 0.05) is 12.5 Å². The first-order chi connectivity index (χ1) is 13.1. The van der Waals surface area contributed by atoms with Crippen molar-refractivity contribution in [3.63, 3.8) is 0 Å². The minimum absolute atomic E-state index is 0.183. The van der Waals surface area contributed by atoms with Crippen LogP contribution in [0.15, 0.2) is 42.0 Å². The monoisotopic (exact) mass is 371 g/mol. The van der Waals surface area contributed by atoms with E-state index in [2.05, 4.69) is 11.0 Å². The Bertz CT molecular complexity index is 696. The molecule has 146 valence electrons. The van der Waals surface area contributed by atoms with Crippen molar-refractivity contribution in [2.45, 2.75) is 38.1 Å². The number of hydrogen-bond acceptors (Lipinski definition) is 5. The van der Waals surface area contributed by atoms with Crippen molar-refractivity contribution in [2.24, 2.45) is 11.3 Å². The number of esters is 2. The summed E-state index contributed by atoms with van der Waals surface area (Å²) in [6.07, 6.45) is 7.48. The maximum atomic E-state index is 13.1. The van der Waals surface area contributed by atoms with Crippen LogP contribution in [0.3, 0.4) is 0 Å². The Morgan fingerprint density at radius 3 is 2.33 bits per heavy atom. The van der Waals surface area contributed by atoms with Crippen molar-refractivity contribution in [3.8, 4) is 0 Å². The van der Waals surface area contributed by atoms with E-state index < -0.39 is 23.4 Å². The van der Waals surface area contributed by atoms with Crippen LogP contribution in [0.4, 0.5) is 0 Å². The maximum Gasteiger partial charge on any atom is 0.325 e. The van der Waals surface area contributed by atoms with Gasteiger partial charge in [-0.1, -0.05) is 42.0 Å². The highest BCUT2D eigenvalue weighted by Gasteiger charge is 2.65. The predicted molar refractivity (Wildman–Crippen MR) is 103 cm³/mol. The van der Waals surface area contributed by atoms with Crippen LogP contribution in [0, 0.1) is 11.3 Å². The highest BCUT2D eigenvalue weighted by molar-refractivity contribution is 6.02. The largest absolute Gasteiger partial charge is 0.468 e. The lowest BCUT2D eigenvalue weighted by Gasteiger charge is -2.36. The number of allylic oxidation sites excluding steroid dienone is 2. The summed E-state index contributed by atoms with van der Waals surface area (Å²) in [5.74, 6) is -1.19. The van der Waals surface area contributed by atoms with Gasteiger partial charge < -0.3 is 9.47 Å². The fourth-order valence-corrected chi connectivity index (χ4v) is 4.93. The van der Waals surface area contributed by atoms with Gasteiger partial charge in [-0.3, -0.25) is 14.5 Å². The number of carbonyl (C=O) groups is 2. The number of hydrogen-bond donors (Lipinski definition) is 0. The Morgan fingerprint density at radius 1 is 1.11 bits per heavy atom. The molecule has 3 rings (SSSR count). The molecule has 2 aliphatic rings. The number of carbonyl (C=O) groups excluding carboxylic acids is 2. The molecule has 1 heterocycles. The van der Waals surface area contributed by atoms with Crippen LogP contribution in [0.1, 0.15) is 43.7 Å². The number of methoxy groups -OCH3 is 2. The van der Waals surface area contributed by atoms with Crippen LogP contribution in [-0.2, 0) is 19.1 Å². The molecule has 0 spiro atoms. The van der Waals surface area contributed by atoms with Gasteiger partial charge in [-0.05, 0) is 44.7 Å². The molecule has 2 atom stereocenters. The molecule has 1 saturated heterocycles. The van der Waals surface area contributed by atoms with Gasteiger partial charge in [0.2, 0.25) is 0 Å². The van der Waals surface area contributed by atoms with Crippen molar-refractivity contribution < 1.29 is 19.1 Å². The summed E-state index contributed by atoms with van der Waals surface area (Å²) in [5.41, 5.74) is 0.902. The van der Waals surface area contributed by atoms with Crippen molar-refractivity contribution in [1.29, 1.82) is 0 Å². The molecule has 1 aromatic rings. The summed E-state index contributed by atoms with van der Waals surface area (Å²) in [6, 6.07) is 9.31. The lowest BCUT2D eigenvalue weighted by molar-refractivity contribution is -0.174. The quantitative estimate of drug-likeness (QED) is 0.450. The molecule has 1 aliphatic heterocycles. The molecule has 1 unspecified atom stereocenters. The van der Waals surface area contributed by atoms with E-state index in [1.54, 1.807) is 0 Å². The summed E-state index contributed by atoms with van der Waals surface area (Å²) in [6.45, 7) is 0.640. The Labute approximate surface area is 161 Å². The summed E-state index contributed by atoms with van der Waals surface area (Å²) in [7, 11) is 4.67. The normalized spacial score (nSPS) is 24.9. The minimum atomic E-state index is -1.36. The zero-order chi connectivity index (χ0) is 19.4. The van der Waals surface area contributed by atoms with Gasteiger partial charge in [-0.25, -0.2) is 0 Å². The Hall–Kier alpha value is -2.14. The average Bonchev–Trinajstić information content (AvgIpc) is 3.00. The van der Waals surface area contributed by atoms with E-state index in [0.29, 0.717) is 6.54 Å². The highest BCUT2D eigenvalue weighted by atomic mass is 16.5. The van der Waals surface area contributed by atoms with Crippen LogP contribution >= 0.6 is 0 Å². The molecule has 1 fully saturated rings. The van der Waals surface area contributed by atoms with Crippen molar-refractivity contribution in [1.82, 2.24) is 4.90 Å². The Morgan fingerprint density at radius 2 is 1.78 bits per heavy atom. The van der Waals surface area contributed by atoms with E-state index in [1.165, 1.54) is 32.6 Å². The molecule has 5 heteroatoms. The molecule has 0 radical (unpaired) electrons. The zero-order valence-electron chi connectivity index (χ0n) is 16.4. The fraction of sp³-hybridized carbons (Fsp3) is 0.545. The zero-order valence-corrected chi connectivity index (χ0v) is 16.4. The first kappa shape index (κ1) is 19.6. The molecule has 1 aliphatic carbocycles. The summed E-state index contributed by atoms with van der Waals surface area (Å²) < 4.78 is 10.4. The van der Waals surface area contributed by atoms with Crippen molar-refractivity contribution >= 4 is 11.9 Å². The van der Waals surface area contributed by atoms with Gasteiger partial charge in [0.15, 0.2) is 5.41 Å². The summed E-state index contributed by atoms with van der Waals surface area (Å²) in [5, 5.41) is 0. The second kappa shape index (κ2) is 8.26. The lowest BCUT2D eigenvalue weighted by Crippen LogP contribution is -2.49. The predicted octanol–water partition coefficient (Wildman–Crippen LogP) is 3.51. The van der Waals surface area contributed by atoms with Gasteiger partial charge in [-0.15, -0.1) is 0 Å². The number of nitrogens with zero attached hydrogens (tertiary/aromatic N) is 1. The molecule has 0 bridgehead atoms. The van der Waals surface area contributed by atoms with Crippen molar-refractivity contribution in [3.05, 3.63) is 47.5 Å². The first-order valence-electron chi connectivity index (χ1n) is 9.65. The molecular weight excluding hydrogens is 342 g/mol. The molecular formula is C22H29NO4. The third kappa shape index (κ3) is 3.41. The third-order valence-electron chi connectivity index (χ3n) is 6.08. The second-order valence-electron chi connectivity index (χ2n) is 7.61. The minimum Gasteiger partial charge on any atom is -0.468 e. The van der Waals surface area contributed by atoms with Crippen LogP contribution in [0.25, 0.3) is 0 Å². The Balaban J connectivity index is 2.10. The van der Waals surface area contributed by atoms with Gasteiger partial charge >= 0.3 is 11.9 Å². The number of rotatable bonds is 5. The van der Waals surface area contributed by atoms with Crippen LogP contribution in [0.2, 0.25) is 0 Å². The smallest absolute Gasteiger partial charge is 0.325 e. The van der Waals surface area contributed by atoms with E-state index in [9.17, 15) is 9.59 Å². The van der Waals surface area contributed by atoms with E-state index >= 15 is 0 Å². The SMILES string of the molecule is COC(=O)C1(C(=O)OC)C(CC2=CCCCC2)CN(C)[C@@H]1c1ccccc1. The molecule has 27 heavy (non-hydrogen) atoms. The molecule has 5 nitrogen and oxygen atoms in total. The second-order valence-corrected chi connectivity index (χ2v) is 7.61. The molecule has 0 amide bonds. The van der Waals surface area contributed by atoms with Crippen LogP contribution < -0.4 is 0 Å².